The highest BCUT2D eigenvalue weighted by Crippen LogP contribution is 2.15. The number of carbonyl (C=O) groups is 3. The molecule has 0 aliphatic carbocycles. The highest BCUT2D eigenvalue weighted by atomic mass is 127. The van der Waals surface area contributed by atoms with Crippen molar-refractivity contribution in [1.82, 2.24) is 0 Å². The van der Waals surface area contributed by atoms with Crippen molar-refractivity contribution >= 4 is 40.5 Å². The molecule has 4 atom stereocenters. The van der Waals surface area contributed by atoms with Gasteiger partial charge in [0.05, 0.1) is 19.6 Å². The third-order valence-electron chi connectivity index (χ3n) is 4.23. The maximum atomic E-state index is 12.2. The van der Waals surface area contributed by atoms with Gasteiger partial charge in [0.25, 0.3) is 0 Å². The number of hydrogen-bond acceptors (Lipinski definition) is 9. The third kappa shape index (κ3) is 15.0. The lowest BCUT2D eigenvalue weighted by molar-refractivity contribution is -0.155. The highest BCUT2D eigenvalue weighted by Gasteiger charge is 2.21. The van der Waals surface area contributed by atoms with Crippen LogP contribution in [0.4, 0.5) is 0 Å². The summed E-state index contributed by atoms with van der Waals surface area (Å²) < 4.78 is 33.4. The fourth-order valence-electron chi connectivity index (χ4n) is 2.42. The Morgan fingerprint density at radius 3 is 2.32 bits per heavy atom. The van der Waals surface area contributed by atoms with E-state index in [1.54, 1.807) is 27.0 Å². The second-order valence-electron chi connectivity index (χ2n) is 7.16. The van der Waals surface area contributed by atoms with Crippen LogP contribution in [0.2, 0.25) is 0 Å². The molecule has 0 bridgehead atoms. The molecule has 0 saturated heterocycles. The fraction of sp³-hybridized carbons (Fsp3) is 0.542. The molecule has 0 unspecified atom stereocenters. The number of methoxy groups -OCH3 is 1. The lowest BCUT2D eigenvalue weighted by atomic mass is 10.1. The first-order valence-electron chi connectivity index (χ1n) is 10.7. The van der Waals surface area contributed by atoms with Crippen LogP contribution in [0.15, 0.2) is 47.1 Å². The predicted molar refractivity (Wildman–Crippen MR) is 135 cm³/mol. The molecule has 0 aliphatic heterocycles. The van der Waals surface area contributed by atoms with E-state index in [4.69, 9.17) is 28.4 Å². The molecule has 0 aromatic carbocycles. The Morgan fingerprint density at radius 1 is 1.03 bits per heavy atom. The molecule has 0 fully saturated rings. The molecule has 0 spiro atoms. The number of halogens is 1. The Balaban J connectivity index is 4.88. The maximum absolute atomic E-state index is 12.2. The first kappa shape index (κ1) is 32.0. The lowest BCUT2D eigenvalue weighted by Gasteiger charge is -2.21. The number of hydrogen-bond donors (Lipinski definition) is 0. The Morgan fingerprint density at radius 2 is 1.74 bits per heavy atom. The van der Waals surface area contributed by atoms with Crippen molar-refractivity contribution in [2.24, 2.45) is 0 Å². The van der Waals surface area contributed by atoms with Gasteiger partial charge in [-0.3, -0.25) is 4.79 Å². The zero-order valence-electron chi connectivity index (χ0n) is 20.2. The van der Waals surface area contributed by atoms with E-state index < -0.39 is 42.3 Å². The third-order valence-corrected chi connectivity index (χ3v) is 5.22. The van der Waals surface area contributed by atoms with E-state index in [0.29, 0.717) is 19.6 Å². The first-order valence-corrected chi connectivity index (χ1v) is 11.9. The number of carbonyl (C=O) groups excluding carboxylic acids is 3. The zero-order valence-corrected chi connectivity index (χ0v) is 22.4. The largest absolute Gasteiger partial charge is 0.459 e. The summed E-state index contributed by atoms with van der Waals surface area (Å²) in [6.45, 7) is 12.7. The number of rotatable bonds is 18. The van der Waals surface area contributed by atoms with Crippen LogP contribution in [0.3, 0.4) is 0 Å². The molecule has 0 amide bonds. The second kappa shape index (κ2) is 19.3. The van der Waals surface area contributed by atoms with Gasteiger partial charge >= 0.3 is 17.9 Å². The summed E-state index contributed by atoms with van der Waals surface area (Å²) in [6, 6.07) is 0. The molecular formula is C24H35IO9. The number of esters is 3. The van der Waals surface area contributed by atoms with Gasteiger partial charge in [0.1, 0.15) is 31.2 Å². The summed E-state index contributed by atoms with van der Waals surface area (Å²) in [7, 11) is 1.54. The Bertz CT molecular complexity index is 717. The zero-order chi connectivity index (χ0) is 25.9. The van der Waals surface area contributed by atoms with E-state index in [0.717, 1.165) is 17.7 Å². The van der Waals surface area contributed by atoms with Crippen LogP contribution in [0, 0.1) is 0 Å². The normalized spacial score (nSPS) is 15.1. The van der Waals surface area contributed by atoms with Crippen molar-refractivity contribution in [3.63, 3.8) is 0 Å². The minimum Gasteiger partial charge on any atom is -0.459 e. The van der Waals surface area contributed by atoms with Gasteiger partial charge < -0.3 is 28.4 Å². The Labute approximate surface area is 215 Å². The van der Waals surface area contributed by atoms with Gasteiger partial charge in [0.15, 0.2) is 0 Å². The van der Waals surface area contributed by atoms with Crippen molar-refractivity contribution in [2.75, 3.05) is 27.1 Å². The molecule has 0 radical (unpaired) electrons. The van der Waals surface area contributed by atoms with E-state index in [1.807, 2.05) is 11.0 Å². The predicted octanol–water partition coefficient (Wildman–Crippen LogP) is 3.81. The molecule has 0 aromatic heterocycles. The maximum Gasteiger partial charge on any atom is 0.330 e. The Kier molecular flexibility index (Phi) is 18.2. The number of ether oxygens (including phenoxy) is 6. The molecule has 0 heterocycles. The van der Waals surface area contributed by atoms with Crippen LogP contribution < -0.4 is 0 Å². The van der Waals surface area contributed by atoms with Gasteiger partial charge in [0, 0.05) is 25.7 Å². The van der Waals surface area contributed by atoms with Crippen LogP contribution >= 0.6 is 22.6 Å². The SMILES string of the molecule is C=CC[C@@H](OC(=O)C[C@H](C)OC(=O)/C=C/[C@@H](OCOCCOC)[C@H](C)OC(=O)C=C)/C(C)=C/I. The molecule has 10 heteroatoms. The van der Waals surface area contributed by atoms with Crippen molar-refractivity contribution < 1.29 is 42.8 Å². The molecule has 0 aromatic rings. The van der Waals surface area contributed by atoms with Gasteiger partial charge in [-0.25, -0.2) is 9.59 Å². The van der Waals surface area contributed by atoms with Gasteiger partial charge in [-0.15, -0.1) is 6.58 Å². The van der Waals surface area contributed by atoms with Crippen LogP contribution in [0.5, 0.6) is 0 Å². The summed E-state index contributed by atoms with van der Waals surface area (Å²) in [6.07, 6.45) is 2.96. The Hall–Kier alpha value is -2.02. The van der Waals surface area contributed by atoms with E-state index >= 15 is 0 Å². The van der Waals surface area contributed by atoms with Crippen LogP contribution in [0.1, 0.15) is 33.6 Å². The highest BCUT2D eigenvalue weighted by molar-refractivity contribution is 14.1. The van der Waals surface area contributed by atoms with Gasteiger partial charge in [-0.05, 0) is 36.5 Å². The topological polar surface area (TPSA) is 107 Å². The molecule has 0 aliphatic rings. The van der Waals surface area contributed by atoms with Gasteiger partial charge in [0.2, 0.25) is 0 Å². The molecule has 34 heavy (non-hydrogen) atoms. The summed E-state index contributed by atoms with van der Waals surface area (Å²) >= 11 is 2.08. The molecular weight excluding hydrogens is 559 g/mol. The minimum absolute atomic E-state index is 0.109. The molecule has 0 saturated carbocycles. The fourth-order valence-corrected chi connectivity index (χ4v) is 2.82. The standard InChI is InChI=1S/C24H35IO9/c1-7-9-20(17(3)15-25)34-24(28)14-18(4)32-23(27)11-10-21(19(5)33-22(26)8-2)31-16-30-13-12-29-6/h7-8,10-11,15,18-21H,1-2,9,12-14,16H2,3-6H3/b11-10+,17-15+/t18-,19-,20+,21+/m0/s1. The monoisotopic (exact) mass is 594 g/mol. The average Bonchev–Trinajstić information content (AvgIpc) is 2.79. The smallest absolute Gasteiger partial charge is 0.330 e. The van der Waals surface area contributed by atoms with Crippen LogP contribution in [-0.4, -0.2) is 69.4 Å². The first-order chi connectivity index (χ1) is 16.2. The summed E-state index contributed by atoms with van der Waals surface area (Å²) in [5.74, 6) is -1.82. The van der Waals surface area contributed by atoms with E-state index in [9.17, 15) is 14.4 Å². The molecule has 192 valence electrons. The van der Waals surface area contributed by atoms with Crippen molar-refractivity contribution in [3.05, 3.63) is 47.1 Å². The van der Waals surface area contributed by atoms with Gasteiger partial charge in [-0.2, -0.15) is 0 Å². The van der Waals surface area contributed by atoms with Crippen molar-refractivity contribution in [1.29, 1.82) is 0 Å². The molecule has 9 nitrogen and oxygen atoms in total. The average molecular weight is 594 g/mol. The van der Waals surface area contributed by atoms with E-state index in [1.165, 1.54) is 6.08 Å². The van der Waals surface area contributed by atoms with E-state index in [2.05, 4.69) is 35.7 Å². The lowest BCUT2D eigenvalue weighted by Crippen LogP contribution is -2.30. The van der Waals surface area contributed by atoms with Crippen LogP contribution in [-0.2, 0) is 42.8 Å². The quantitative estimate of drug-likeness (QED) is 0.0446. The molecule has 0 N–H and O–H groups in total. The van der Waals surface area contributed by atoms with Gasteiger partial charge in [-0.1, -0.05) is 35.2 Å². The summed E-state index contributed by atoms with van der Waals surface area (Å²) in [5.41, 5.74) is 0.893. The summed E-state index contributed by atoms with van der Waals surface area (Å²) in [4.78, 5) is 35.9. The van der Waals surface area contributed by atoms with Crippen molar-refractivity contribution in [2.45, 2.75) is 58.0 Å². The molecule has 0 rings (SSSR count). The van der Waals surface area contributed by atoms with E-state index in [-0.39, 0.29) is 13.2 Å². The second-order valence-corrected chi connectivity index (χ2v) is 7.79. The summed E-state index contributed by atoms with van der Waals surface area (Å²) in [5, 5.41) is 0. The van der Waals surface area contributed by atoms with Crippen molar-refractivity contribution in [3.8, 4) is 0 Å². The minimum atomic E-state index is -0.790. The van der Waals surface area contributed by atoms with Crippen LogP contribution in [0.25, 0.3) is 0 Å².